The third-order valence-electron chi connectivity index (χ3n) is 15.9. The van der Waals surface area contributed by atoms with E-state index in [1.807, 2.05) is 27.7 Å². The molecule has 7 amide bonds. The molecule has 448 valence electrons. The average molecular weight is 1130 g/mol. The molecule has 0 aliphatic carbocycles. The maximum Gasteiger partial charge on any atom is 0.329 e. The van der Waals surface area contributed by atoms with Crippen molar-refractivity contribution in [2.45, 2.75) is 201 Å². The van der Waals surface area contributed by atoms with Crippen LogP contribution in [0.15, 0.2) is 24.3 Å². The van der Waals surface area contributed by atoms with Crippen molar-refractivity contribution in [3.8, 4) is 5.75 Å². The lowest BCUT2D eigenvalue weighted by molar-refractivity contribution is -0.166. The van der Waals surface area contributed by atoms with E-state index in [9.17, 15) is 43.8 Å². The van der Waals surface area contributed by atoms with E-state index in [0.29, 0.717) is 30.6 Å². The minimum atomic E-state index is -1.71. The molecule has 13 atom stereocenters. The van der Waals surface area contributed by atoms with Crippen LogP contribution in [0.4, 0.5) is 0 Å². The molecule has 3 aliphatic rings. The van der Waals surface area contributed by atoms with E-state index in [1.165, 1.54) is 68.6 Å². The number of amides is 7. The Morgan fingerprint density at radius 2 is 1.46 bits per heavy atom. The van der Waals surface area contributed by atoms with Gasteiger partial charge in [-0.05, 0) is 101 Å². The molecule has 1 aromatic rings. The number of nitrogens with zero attached hydrogens (tertiary/aromatic N) is 5. The van der Waals surface area contributed by atoms with Gasteiger partial charge in [0.05, 0.1) is 31.6 Å². The van der Waals surface area contributed by atoms with E-state index in [-0.39, 0.29) is 57.0 Å². The number of nitrogens with one attached hydrogen (secondary N) is 2. The van der Waals surface area contributed by atoms with Gasteiger partial charge in [0.15, 0.2) is 11.9 Å². The summed E-state index contributed by atoms with van der Waals surface area (Å²) in [5.41, 5.74) is 0.575. The number of likely N-dealkylation sites (N-methyl/N-ethyl adjacent to an activating group) is 3. The zero-order valence-corrected chi connectivity index (χ0v) is 49.8. The number of carbonyl (C=O) groups excluding carboxylic acids is 10. The molecule has 1 aromatic carbocycles. The lowest BCUT2D eigenvalue weighted by Crippen LogP contribution is -2.62. The highest BCUT2D eigenvalue weighted by Crippen LogP contribution is 2.28. The summed E-state index contributed by atoms with van der Waals surface area (Å²) in [5, 5.41) is 27.7. The number of hydrogen-bond donors (Lipinski definition) is 4. The number of carbonyl (C=O) groups is 10. The largest absolute Gasteiger partial charge is 0.497 e. The number of methoxy groups -OCH3 is 1. The third-order valence-corrected chi connectivity index (χ3v) is 15.9. The molecule has 0 aromatic heterocycles. The van der Waals surface area contributed by atoms with Gasteiger partial charge in [-0.25, -0.2) is 4.79 Å². The van der Waals surface area contributed by atoms with E-state index in [0.717, 1.165) is 4.90 Å². The topological polar surface area (TPSA) is 279 Å². The Labute approximate surface area is 472 Å². The maximum absolute atomic E-state index is 15.2. The highest BCUT2D eigenvalue weighted by molar-refractivity contribution is 6.05. The molecule has 3 saturated heterocycles. The highest BCUT2D eigenvalue weighted by atomic mass is 16.6. The molecule has 0 unspecified atom stereocenters. The summed E-state index contributed by atoms with van der Waals surface area (Å²) in [4.78, 5) is 151. The molecule has 0 spiro atoms. The number of hydrogen-bond acceptors (Lipinski definition) is 15. The third kappa shape index (κ3) is 16.5. The minimum Gasteiger partial charge on any atom is -0.497 e. The summed E-state index contributed by atoms with van der Waals surface area (Å²) in [6.07, 6.45) is -4.96. The van der Waals surface area contributed by atoms with Gasteiger partial charge in [-0.1, -0.05) is 73.9 Å². The number of aliphatic hydroxyl groups excluding tert-OH is 2. The summed E-state index contributed by atoms with van der Waals surface area (Å²) in [5.74, 6) is -10.1. The number of likely N-dealkylation sites (tertiary alicyclic amines) is 1. The van der Waals surface area contributed by atoms with Gasteiger partial charge >= 0.3 is 11.9 Å². The summed E-state index contributed by atoms with van der Waals surface area (Å²) >= 11 is 0. The van der Waals surface area contributed by atoms with Gasteiger partial charge in [-0.3, -0.25) is 43.2 Å². The fourth-order valence-electron chi connectivity index (χ4n) is 10.9. The predicted octanol–water partition coefficient (Wildman–Crippen LogP) is 2.66. The van der Waals surface area contributed by atoms with Crippen molar-refractivity contribution in [2.75, 3.05) is 41.3 Å². The van der Waals surface area contributed by atoms with Crippen molar-refractivity contribution in [1.82, 2.24) is 35.1 Å². The smallest absolute Gasteiger partial charge is 0.329 e. The molecule has 22 nitrogen and oxygen atoms in total. The van der Waals surface area contributed by atoms with Crippen LogP contribution in [-0.4, -0.2) is 202 Å². The number of Topliss-reactive ketones (excluding diaryl/α,β-unsaturated/α-hetero) is 1. The number of benzene rings is 1. The van der Waals surface area contributed by atoms with Crippen LogP contribution in [-0.2, 0) is 63.8 Å². The second-order valence-corrected chi connectivity index (χ2v) is 23.4. The Morgan fingerprint density at radius 1 is 0.838 bits per heavy atom. The van der Waals surface area contributed by atoms with Crippen LogP contribution in [0.1, 0.15) is 133 Å². The molecule has 0 bridgehead atoms. The van der Waals surface area contributed by atoms with Gasteiger partial charge in [0.2, 0.25) is 35.4 Å². The Balaban J connectivity index is 1.92. The van der Waals surface area contributed by atoms with E-state index < -0.39 is 150 Å². The van der Waals surface area contributed by atoms with Gasteiger partial charge < -0.3 is 59.6 Å². The molecule has 3 fully saturated rings. The number of ether oxygens (including phenoxy) is 3. The second kappa shape index (κ2) is 29.5. The van der Waals surface area contributed by atoms with Crippen molar-refractivity contribution >= 4 is 59.1 Å². The fourth-order valence-corrected chi connectivity index (χ4v) is 10.9. The Kier molecular flexibility index (Phi) is 24.5. The zero-order valence-electron chi connectivity index (χ0n) is 49.8. The Hall–Kier alpha value is -6.16. The first-order valence-corrected chi connectivity index (χ1v) is 28.4. The molecule has 4 rings (SSSR count). The Bertz CT molecular complexity index is 2360. The number of cyclic esters (lactones) is 2. The van der Waals surface area contributed by atoms with Crippen molar-refractivity contribution in [3.05, 3.63) is 29.8 Å². The molecule has 3 heterocycles. The Morgan fingerprint density at radius 3 is 2.02 bits per heavy atom. The highest BCUT2D eigenvalue weighted by Gasteiger charge is 2.47. The minimum absolute atomic E-state index is 0.0833. The van der Waals surface area contributed by atoms with E-state index in [2.05, 4.69) is 10.6 Å². The molecule has 80 heavy (non-hydrogen) atoms. The average Bonchev–Trinajstić information content (AvgIpc) is 4.11. The van der Waals surface area contributed by atoms with Crippen LogP contribution in [0, 0.1) is 29.6 Å². The zero-order chi connectivity index (χ0) is 60.2. The lowest BCUT2D eigenvalue weighted by atomic mass is 9.91. The quantitative estimate of drug-likeness (QED) is 0.145. The van der Waals surface area contributed by atoms with E-state index in [1.54, 1.807) is 52.0 Å². The molecule has 4 N–H and O–H groups in total. The van der Waals surface area contributed by atoms with Crippen LogP contribution in [0.3, 0.4) is 0 Å². The molecule has 0 radical (unpaired) electrons. The maximum atomic E-state index is 15.2. The lowest BCUT2D eigenvalue weighted by Gasteiger charge is -2.40. The van der Waals surface area contributed by atoms with Gasteiger partial charge in [0, 0.05) is 40.7 Å². The number of ketones is 1. The van der Waals surface area contributed by atoms with Crippen molar-refractivity contribution < 1.29 is 72.4 Å². The fraction of sp³-hybridized carbons (Fsp3) is 0.724. The molecule has 3 aliphatic heterocycles. The van der Waals surface area contributed by atoms with Crippen molar-refractivity contribution in [1.29, 1.82) is 0 Å². The van der Waals surface area contributed by atoms with Gasteiger partial charge in [-0.15, -0.1) is 0 Å². The molecular weight excluding hydrogens is 1030 g/mol. The van der Waals surface area contributed by atoms with Crippen LogP contribution < -0.4 is 15.4 Å². The van der Waals surface area contributed by atoms with Gasteiger partial charge in [0.1, 0.15) is 54.2 Å². The summed E-state index contributed by atoms with van der Waals surface area (Å²) < 4.78 is 17.4. The normalized spacial score (nSPS) is 27.5. The number of fused-ring (bicyclic) bond motifs is 1. The first-order valence-electron chi connectivity index (χ1n) is 28.4. The van der Waals surface area contributed by atoms with Crippen molar-refractivity contribution in [3.63, 3.8) is 0 Å². The standard InChI is InChI=1S/C58H91N7O15/c1-16-34(8)47-45(67)30-46(68)80-50(33(6)7)49(69)35(9)51(70)59-40(27-31(2)3)54(73)65-26-18-20-42(65)56(75)62(13)44(29-38-21-23-39(78-15)24-22-38)58(77)79-37(11)48(52(71)60-47)63(14)57(76)43(28-32(4)5)61(12)55(74)41-19-17-25-64(41)53(72)36(10)66/h21-24,31-37,40-45,47-48,50,66-67H,16-20,25-30H2,1-15H3,(H,59,70)(H,60,71)/t34-,35-,36-,37+,40-,41-,42-,43+,44-,45-,47-,48-,50-/m0/s1. The first kappa shape index (κ1) is 66.4. The second-order valence-electron chi connectivity index (χ2n) is 23.4. The first-order chi connectivity index (χ1) is 37.5. The number of rotatable bonds is 15. The summed E-state index contributed by atoms with van der Waals surface area (Å²) in [6, 6.07) is -2.10. The van der Waals surface area contributed by atoms with E-state index in [4.69, 9.17) is 14.2 Å². The van der Waals surface area contributed by atoms with E-state index >= 15 is 14.4 Å². The molecular formula is C58H91N7O15. The number of esters is 2. The van der Waals surface area contributed by atoms with Gasteiger partial charge in [-0.2, -0.15) is 0 Å². The van der Waals surface area contributed by atoms with Gasteiger partial charge in [0.25, 0.3) is 5.91 Å². The summed E-state index contributed by atoms with van der Waals surface area (Å²) in [6.45, 7) is 18.5. The number of aliphatic hydroxyl groups is 2. The molecule has 0 saturated carbocycles. The van der Waals surface area contributed by atoms with Crippen LogP contribution in [0.25, 0.3) is 0 Å². The van der Waals surface area contributed by atoms with Crippen LogP contribution in [0.2, 0.25) is 0 Å². The molecule has 22 heteroatoms. The van der Waals surface area contributed by atoms with Crippen molar-refractivity contribution in [2.24, 2.45) is 29.6 Å². The van der Waals surface area contributed by atoms with Crippen LogP contribution >= 0.6 is 0 Å². The van der Waals surface area contributed by atoms with Crippen LogP contribution in [0.5, 0.6) is 5.75 Å². The predicted molar refractivity (Wildman–Crippen MR) is 295 cm³/mol. The SMILES string of the molecule is CC[C@H](C)[C@@H]1NC(=O)[C@@H](N(C)C(=O)[C@@H](CC(C)C)N(C)C(=O)[C@@H]2CCCN2C(=O)[C@H](C)O)[C@@H](C)OC(=O)[C@H](Cc2ccc(OC)cc2)N(C)C(=O)[C@@H]2CCCN2C(=O)[C@H](CC(C)C)NC(=O)[C@@H](C)C(=O)[C@H](C(C)C)OC(=O)C[C@@H]1O. The summed E-state index contributed by atoms with van der Waals surface area (Å²) in [7, 11) is 5.63. The monoisotopic (exact) mass is 1130 g/mol.